The van der Waals surface area contributed by atoms with E-state index in [9.17, 15) is 9.59 Å². The van der Waals surface area contributed by atoms with Crippen molar-refractivity contribution in [3.63, 3.8) is 0 Å². The Labute approximate surface area is 155 Å². The number of hydrogen-bond donors (Lipinski definition) is 1. The van der Waals surface area contributed by atoms with E-state index in [1.807, 2.05) is 9.80 Å². The van der Waals surface area contributed by atoms with Gasteiger partial charge in [0.15, 0.2) is 5.69 Å². The topological polar surface area (TPSA) is 69.3 Å². The highest BCUT2D eigenvalue weighted by molar-refractivity contribution is 5.94. The summed E-state index contributed by atoms with van der Waals surface area (Å²) in [6, 6.07) is 0. The molecule has 26 heavy (non-hydrogen) atoms. The average Bonchev–Trinajstić information content (AvgIpc) is 3.25. The summed E-state index contributed by atoms with van der Waals surface area (Å²) in [7, 11) is 0. The van der Waals surface area contributed by atoms with Crippen molar-refractivity contribution in [2.24, 2.45) is 11.8 Å². The number of hydrogen-bond acceptors (Lipinski definition) is 3. The van der Waals surface area contributed by atoms with Crippen molar-refractivity contribution < 1.29 is 9.59 Å². The molecule has 0 spiro atoms. The van der Waals surface area contributed by atoms with E-state index in [0.717, 1.165) is 82.4 Å². The summed E-state index contributed by atoms with van der Waals surface area (Å²) in [4.78, 5) is 28.7. The van der Waals surface area contributed by atoms with Crippen LogP contribution in [-0.4, -0.2) is 58.0 Å². The van der Waals surface area contributed by atoms with Gasteiger partial charge < -0.3 is 9.80 Å². The number of carbonyl (C=O) groups is 2. The highest BCUT2D eigenvalue weighted by atomic mass is 16.2. The molecule has 142 valence electrons. The predicted octanol–water partition coefficient (Wildman–Crippen LogP) is 2.40. The van der Waals surface area contributed by atoms with Crippen LogP contribution in [0, 0.1) is 11.8 Å². The lowest BCUT2D eigenvalue weighted by Crippen LogP contribution is -2.40. The lowest BCUT2D eigenvalue weighted by Gasteiger charge is -2.32. The number of nitrogens with zero attached hydrogens (tertiary/aromatic N) is 3. The minimum absolute atomic E-state index is 0.102. The molecular weight excluding hydrogens is 328 g/mol. The summed E-state index contributed by atoms with van der Waals surface area (Å²) >= 11 is 0. The summed E-state index contributed by atoms with van der Waals surface area (Å²) in [5, 5.41) is 7.46. The third-order valence-corrected chi connectivity index (χ3v) is 6.48. The van der Waals surface area contributed by atoms with Crippen LogP contribution in [0.4, 0.5) is 0 Å². The lowest BCUT2D eigenvalue weighted by atomic mass is 9.87. The first-order valence-corrected chi connectivity index (χ1v) is 10.2. The molecule has 0 radical (unpaired) electrons. The van der Waals surface area contributed by atoms with Crippen molar-refractivity contribution in [1.29, 1.82) is 0 Å². The molecular formula is C20H30N4O2. The Morgan fingerprint density at radius 1 is 1.19 bits per heavy atom. The van der Waals surface area contributed by atoms with E-state index in [0.29, 0.717) is 23.4 Å². The number of piperidine rings is 1. The third-order valence-electron chi connectivity index (χ3n) is 6.48. The van der Waals surface area contributed by atoms with Crippen LogP contribution < -0.4 is 0 Å². The van der Waals surface area contributed by atoms with Gasteiger partial charge in [0.05, 0.1) is 0 Å². The first-order valence-electron chi connectivity index (χ1n) is 10.2. The van der Waals surface area contributed by atoms with E-state index in [-0.39, 0.29) is 5.91 Å². The third kappa shape index (κ3) is 3.51. The molecule has 0 aromatic carbocycles. The van der Waals surface area contributed by atoms with Gasteiger partial charge in [0.2, 0.25) is 5.91 Å². The molecule has 0 saturated carbocycles. The zero-order chi connectivity index (χ0) is 18.1. The number of aromatic nitrogens is 2. The van der Waals surface area contributed by atoms with Crippen LogP contribution in [-0.2, 0) is 17.6 Å². The van der Waals surface area contributed by atoms with Gasteiger partial charge in [0.1, 0.15) is 0 Å². The summed E-state index contributed by atoms with van der Waals surface area (Å²) < 4.78 is 0. The van der Waals surface area contributed by atoms with E-state index >= 15 is 0 Å². The van der Waals surface area contributed by atoms with Gasteiger partial charge in [-0.1, -0.05) is 6.92 Å². The summed E-state index contributed by atoms with van der Waals surface area (Å²) in [5.74, 6) is 1.67. The second kappa shape index (κ2) is 7.41. The Morgan fingerprint density at radius 2 is 2.00 bits per heavy atom. The maximum Gasteiger partial charge on any atom is 0.274 e. The van der Waals surface area contributed by atoms with Gasteiger partial charge in [0.25, 0.3) is 5.91 Å². The zero-order valence-corrected chi connectivity index (χ0v) is 15.8. The summed E-state index contributed by atoms with van der Waals surface area (Å²) in [6.07, 6.45) is 8.03. The fourth-order valence-electron chi connectivity index (χ4n) is 4.70. The number of aromatic amines is 1. The Morgan fingerprint density at radius 3 is 2.73 bits per heavy atom. The molecule has 4 rings (SSSR count). The van der Waals surface area contributed by atoms with Crippen molar-refractivity contribution in [1.82, 2.24) is 20.0 Å². The molecule has 1 N–H and O–H groups in total. The van der Waals surface area contributed by atoms with Crippen molar-refractivity contribution in [3.05, 3.63) is 17.0 Å². The maximum absolute atomic E-state index is 12.9. The van der Waals surface area contributed by atoms with Gasteiger partial charge >= 0.3 is 0 Å². The SMILES string of the molecule is C[C@@H]1CCc2[nH]nc(C(=O)N3CCC(CCN4CCCC4=O)CC3)c2C1. The number of nitrogens with one attached hydrogen (secondary N) is 1. The number of likely N-dealkylation sites (tertiary alicyclic amines) is 2. The quantitative estimate of drug-likeness (QED) is 0.898. The number of aryl methyl sites for hydroxylation is 1. The molecule has 2 saturated heterocycles. The van der Waals surface area contributed by atoms with Crippen molar-refractivity contribution in [2.75, 3.05) is 26.2 Å². The molecule has 2 amide bonds. The fraction of sp³-hybridized carbons (Fsp3) is 0.750. The van der Waals surface area contributed by atoms with E-state index in [1.54, 1.807) is 0 Å². The van der Waals surface area contributed by atoms with Crippen LogP contribution in [0.1, 0.15) is 67.2 Å². The van der Waals surface area contributed by atoms with E-state index in [4.69, 9.17) is 0 Å². The van der Waals surface area contributed by atoms with Crippen LogP contribution in [0.15, 0.2) is 0 Å². The molecule has 1 aromatic rings. The Balaban J connectivity index is 1.30. The Bertz CT molecular complexity index is 675. The molecule has 1 aliphatic carbocycles. The molecule has 6 heteroatoms. The summed E-state index contributed by atoms with van der Waals surface area (Å²) in [6.45, 7) is 5.70. The van der Waals surface area contributed by atoms with Gasteiger partial charge in [-0.05, 0) is 56.8 Å². The lowest BCUT2D eigenvalue weighted by molar-refractivity contribution is -0.127. The molecule has 2 fully saturated rings. The average molecular weight is 358 g/mol. The van der Waals surface area contributed by atoms with Gasteiger partial charge in [0, 0.05) is 43.9 Å². The van der Waals surface area contributed by atoms with Gasteiger partial charge in [-0.25, -0.2) is 0 Å². The van der Waals surface area contributed by atoms with E-state index in [2.05, 4.69) is 17.1 Å². The molecule has 3 heterocycles. The first kappa shape index (κ1) is 17.6. The van der Waals surface area contributed by atoms with E-state index < -0.39 is 0 Å². The predicted molar refractivity (Wildman–Crippen MR) is 98.8 cm³/mol. The molecule has 6 nitrogen and oxygen atoms in total. The zero-order valence-electron chi connectivity index (χ0n) is 15.8. The highest BCUT2D eigenvalue weighted by Crippen LogP contribution is 2.28. The standard InChI is InChI=1S/C20H30N4O2/c1-14-4-5-17-16(13-14)19(22-21-17)20(26)24-11-7-15(8-12-24)6-10-23-9-2-3-18(23)25/h14-15H,2-13H2,1H3,(H,21,22)/t14-/m1/s1. The fourth-order valence-corrected chi connectivity index (χ4v) is 4.70. The van der Waals surface area contributed by atoms with Gasteiger partial charge in [-0.2, -0.15) is 5.10 Å². The van der Waals surface area contributed by atoms with Gasteiger partial charge in [-0.15, -0.1) is 0 Å². The van der Waals surface area contributed by atoms with Crippen molar-refractivity contribution in [3.8, 4) is 0 Å². The molecule has 0 unspecified atom stereocenters. The monoisotopic (exact) mass is 358 g/mol. The Hall–Kier alpha value is -1.85. The van der Waals surface area contributed by atoms with Crippen LogP contribution in [0.2, 0.25) is 0 Å². The second-order valence-corrected chi connectivity index (χ2v) is 8.39. The number of H-pyrrole nitrogens is 1. The molecule has 1 atom stereocenters. The van der Waals surface area contributed by atoms with Gasteiger partial charge in [-0.3, -0.25) is 14.7 Å². The van der Waals surface area contributed by atoms with Crippen LogP contribution in [0.3, 0.4) is 0 Å². The second-order valence-electron chi connectivity index (χ2n) is 8.39. The minimum Gasteiger partial charge on any atom is -0.343 e. The molecule has 3 aliphatic rings. The highest BCUT2D eigenvalue weighted by Gasteiger charge is 2.30. The largest absolute Gasteiger partial charge is 0.343 e. The number of fused-ring (bicyclic) bond motifs is 1. The van der Waals surface area contributed by atoms with Crippen molar-refractivity contribution in [2.45, 2.75) is 58.3 Å². The first-order chi connectivity index (χ1) is 12.6. The number of rotatable bonds is 4. The Kier molecular flexibility index (Phi) is 5.00. The normalized spacial score (nSPS) is 24.2. The van der Waals surface area contributed by atoms with Crippen LogP contribution >= 0.6 is 0 Å². The van der Waals surface area contributed by atoms with Crippen LogP contribution in [0.25, 0.3) is 0 Å². The van der Waals surface area contributed by atoms with E-state index in [1.165, 1.54) is 6.42 Å². The molecule has 1 aromatic heterocycles. The maximum atomic E-state index is 12.9. The summed E-state index contributed by atoms with van der Waals surface area (Å²) in [5.41, 5.74) is 2.98. The van der Waals surface area contributed by atoms with Crippen molar-refractivity contribution >= 4 is 11.8 Å². The molecule has 0 bridgehead atoms. The smallest absolute Gasteiger partial charge is 0.274 e. The number of amides is 2. The molecule has 2 aliphatic heterocycles. The number of carbonyl (C=O) groups excluding carboxylic acids is 2. The van der Waals surface area contributed by atoms with Crippen LogP contribution in [0.5, 0.6) is 0 Å². The minimum atomic E-state index is 0.102.